The molecule has 7 N–H and O–H groups in total. The van der Waals surface area contributed by atoms with Gasteiger partial charge in [-0.15, -0.1) is 0 Å². The Morgan fingerprint density at radius 3 is 2.34 bits per heavy atom. The van der Waals surface area contributed by atoms with Crippen LogP contribution in [-0.4, -0.2) is 73.0 Å². The van der Waals surface area contributed by atoms with E-state index in [1.54, 1.807) is 37.3 Å². The number of aryl methyl sites for hydroxylation is 2. The first-order chi connectivity index (χ1) is 22.6. The highest BCUT2D eigenvalue weighted by atomic mass is 16.5. The number of aromatic nitrogens is 5. The second kappa shape index (κ2) is 13.1. The predicted molar refractivity (Wildman–Crippen MR) is 175 cm³/mol. The van der Waals surface area contributed by atoms with Gasteiger partial charge in [-0.25, -0.2) is 15.0 Å². The van der Waals surface area contributed by atoms with Crippen LogP contribution in [0.25, 0.3) is 22.1 Å². The molecule has 3 aromatic heterocycles. The molecule has 15 heteroatoms. The number of carbonyl (C=O) groups is 3. The molecule has 0 aliphatic carbocycles. The number of fused-ring (bicyclic) bond motifs is 2. The fourth-order valence-electron chi connectivity index (χ4n) is 5.79. The monoisotopic (exact) mass is 640 g/mol. The number of imidazole rings is 2. The van der Waals surface area contributed by atoms with Gasteiger partial charge in [-0.3, -0.25) is 24.6 Å². The van der Waals surface area contributed by atoms with Crippen molar-refractivity contribution in [2.45, 2.75) is 39.9 Å². The van der Waals surface area contributed by atoms with Crippen molar-refractivity contribution in [1.82, 2.24) is 29.0 Å². The highest BCUT2D eigenvalue weighted by molar-refractivity contribution is 6.04. The lowest BCUT2D eigenvalue weighted by Gasteiger charge is -2.27. The van der Waals surface area contributed by atoms with Crippen molar-refractivity contribution >= 4 is 51.7 Å². The fraction of sp³-hybridized carbons (Fsp3) is 0.312. The highest BCUT2D eigenvalue weighted by Crippen LogP contribution is 2.28. The van der Waals surface area contributed by atoms with E-state index in [2.05, 4.69) is 20.2 Å². The zero-order valence-corrected chi connectivity index (χ0v) is 26.2. The van der Waals surface area contributed by atoms with E-state index in [0.717, 1.165) is 29.7 Å². The zero-order chi connectivity index (χ0) is 33.2. The minimum atomic E-state index is -0.576. The number of primary amides is 2. The number of anilines is 2. The SMILES string of the molecule is CCc1nc(C)oc1C(=O)Nc1nc2cc(C(N)=O)cc(CN3CCOCC3)c2n1C/C=C/Cn1c(N)nc2cc(C(N)=O)ccc21. The van der Waals surface area contributed by atoms with Crippen molar-refractivity contribution in [3.05, 3.63) is 76.5 Å². The molecule has 244 valence electrons. The van der Waals surface area contributed by atoms with Gasteiger partial charge < -0.3 is 35.5 Å². The molecule has 4 heterocycles. The van der Waals surface area contributed by atoms with Crippen LogP contribution in [0.3, 0.4) is 0 Å². The first-order valence-electron chi connectivity index (χ1n) is 15.2. The Kier molecular flexibility index (Phi) is 8.74. The van der Waals surface area contributed by atoms with E-state index in [9.17, 15) is 14.4 Å². The molecule has 1 aliphatic heterocycles. The molecule has 1 aliphatic rings. The second-order valence-electron chi connectivity index (χ2n) is 11.2. The summed E-state index contributed by atoms with van der Waals surface area (Å²) < 4.78 is 14.9. The lowest BCUT2D eigenvalue weighted by Crippen LogP contribution is -2.35. The number of hydrogen-bond acceptors (Lipinski definition) is 10. The van der Waals surface area contributed by atoms with Crippen LogP contribution in [-0.2, 0) is 30.8 Å². The molecule has 0 saturated carbocycles. The number of oxazole rings is 1. The van der Waals surface area contributed by atoms with E-state index in [1.807, 2.05) is 28.2 Å². The number of nitrogens with two attached hydrogens (primary N) is 3. The average Bonchev–Trinajstić information content (AvgIpc) is 3.70. The van der Waals surface area contributed by atoms with Crippen LogP contribution in [0.4, 0.5) is 11.9 Å². The van der Waals surface area contributed by atoms with Crippen LogP contribution >= 0.6 is 0 Å². The molecule has 0 atom stereocenters. The number of hydrogen-bond donors (Lipinski definition) is 4. The van der Waals surface area contributed by atoms with Gasteiger partial charge in [0.15, 0.2) is 5.89 Å². The number of nitrogen functional groups attached to an aromatic ring is 1. The molecule has 2 aromatic carbocycles. The number of nitrogens with zero attached hydrogens (tertiary/aromatic N) is 6. The normalized spacial score (nSPS) is 14.0. The third-order valence-corrected chi connectivity index (χ3v) is 8.08. The number of ether oxygens (including phenoxy) is 1. The Morgan fingerprint density at radius 1 is 0.936 bits per heavy atom. The minimum Gasteiger partial charge on any atom is -0.436 e. The number of amides is 3. The van der Waals surface area contributed by atoms with Crippen LogP contribution in [0, 0.1) is 6.92 Å². The molecular formula is C32H36N10O5. The van der Waals surface area contributed by atoms with E-state index in [4.69, 9.17) is 31.3 Å². The molecule has 0 unspecified atom stereocenters. The van der Waals surface area contributed by atoms with Crippen LogP contribution in [0.2, 0.25) is 0 Å². The number of rotatable bonds is 11. The zero-order valence-electron chi connectivity index (χ0n) is 26.2. The van der Waals surface area contributed by atoms with Crippen LogP contribution in [0.15, 0.2) is 46.9 Å². The van der Waals surface area contributed by atoms with Gasteiger partial charge >= 0.3 is 0 Å². The summed E-state index contributed by atoms with van der Waals surface area (Å²) in [5.74, 6) is -0.549. The molecule has 3 amide bonds. The van der Waals surface area contributed by atoms with Gasteiger partial charge in [0.2, 0.25) is 29.5 Å². The Morgan fingerprint density at radius 2 is 1.64 bits per heavy atom. The van der Waals surface area contributed by atoms with E-state index in [-0.39, 0.29) is 17.7 Å². The van der Waals surface area contributed by atoms with Gasteiger partial charge in [0.1, 0.15) is 0 Å². The average molecular weight is 641 g/mol. The second-order valence-corrected chi connectivity index (χ2v) is 11.2. The maximum absolute atomic E-state index is 13.5. The van der Waals surface area contributed by atoms with Crippen molar-refractivity contribution in [3.8, 4) is 0 Å². The lowest BCUT2D eigenvalue weighted by atomic mass is 10.1. The summed E-state index contributed by atoms with van der Waals surface area (Å²) >= 11 is 0. The third kappa shape index (κ3) is 6.43. The summed E-state index contributed by atoms with van der Waals surface area (Å²) in [5, 5.41) is 2.91. The number of morpholine rings is 1. The first-order valence-corrected chi connectivity index (χ1v) is 15.2. The van der Waals surface area contributed by atoms with Crippen molar-refractivity contribution in [1.29, 1.82) is 0 Å². The van der Waals surface area contributed by atoms with Crippen molar-refractivity contribution < 1.29 is 23.5 Å². The van der Waals surface area contributed by atoms with Crippen LogP contribution < -0.4 is 22.5 Å². The summed E-state index contributed by atoms with van der Waals surface area (Å²) in [6.07, 6.45) is 4.36. The molecular weight excluding hydrogens is 604 g/mol. The number of allylic oxidation sites excluding steroid dienone is 2. The van der Waals surface area contributed by atoms with Crippen LogP contribution in [0.5, 0.6) is 0 Å². The summed E-state index contributed by atoms with van der Waals surface area (Å²) in [6.45, 7) is 7.47. The summed E-state index contributed by atoms with van der Waals surface area (Å²) in [6, 6.07) is 8.41. The Bertz CT molecular complexity index is 2030. The van der Waals surface area contributed by atoms with Gasteiger partial charge in [-0.05, 0) is 42.3 Å². The van der Waals surface area contributed by atoms with E-state index in [0.29, 0.717) is 73.0 Å². The molecule has 6 rings (SSSR count). The molecule has 5 aromatic rings. The van der Waals surface area contributed by atoms with Gasteiger partial charge in [0.25, 0.3) is 5.91 Å². The maximum Gasteiger partial charge on any atom is 0.295 e. The van der Waals surface area contributed by atoms with Gasteiger partial charge in [-0.1, -0.05) is 19.1 Å². The largest absolute Gasteiger partial charge is 0.436 e. The Balaban J connectivity index is 1.37. The molecule has 47 heavy (non-hydrogen) atoms. The van der Waals surface area contributed by atoms with Crippen LogP contribution in [0.1, 0.15) is 55.3 Å². The summed E-state index contributed by atoms with van der Waals surface area (Å²) in [7, 11) is 0. The molecule has 15 nitrogen and oxygen atoms in total. The van der Waals surface area contributed by atoms with Crippen molar-refractivity contribution in [2.24, 2.45) is 11.5 Å². The number of benzene rings is 2. The molecule has 0 bridgehead atoms. The molecule has 0 radical (unpaired) electrons. The minimum absolute atomic E-state index is 0.118. The van der Waals surface area contributed by atoms with Crippen molar-refractivity contribution in [3.63, 3.8) is 0 Å². The first kappa shape index (κ1) is 31.4. The standard InChI is InChI=1S/C32H36N10O5/c1-3-22-27(47-18(2)36-22)30(45)39-32-38-24-16-20(29(34)44)14-21(17-40-10-12-46-13-11-40)26(24)42(32)9-5-4-8-41-25-7-6-19(28(33)43)15-23(25)37-31(41)35/h4-7,14-16H,3,8-13,17H2,1-2H3,(H2,33,43)(H2,34,44)(H2,35,37)(H,38,39,45)/b5-4+. The van der Waals surface area contributed by atoms with Gasteiger partial charge in [0.05, 0.1) is 41.0 Å². The maximum atomic E-state index is 13.5. The molecule has 0 spiro atoms. The van der Waals surface area contributed by atoms with Gasteiger partial charge in [0, 0.05) is 50.8 Å². The Hall–Kier alpha value is -5.54. The fourth-order valence-corrected chi connectivity index (χ4v) is 5.79. The molecule has 1 fully saturated rings. The van der Waals surface area contributed by atoms with Crippen molar-refractivity contribution in [2.75, 3.05) is 37.4 Å². The van der Waals surface area contributed by atoms with Gasteiger partial charge in [-0.2, -0.15) is 0 Å². The Labute approximate surface area is 269 Å². The van der Waals surface area contributed by atoms with E-state index in [1.165, 1.54) is 0 Å². The number of carbonyl (C=O) groups excluding carboxylic acids is 3. The summed E-state index contributed by atoms with van der Waals surface area (Å²) in [4.78, 5) is 53.1. The lowest BCUT2D eigenvalue weighted by molar-refractivity contribution is 0.0343. The predicted octanol–water partition coefficient (Wildman–Crippen LogP) is 2.37. The quantitative estimate of drug-likeness (QED) is 0.155. The van der Waals surface area contributed by atoms with E-state index < -0.39 is 17.7 Å². The topological polar surface area (TPSA) is 215 Å². The smallest absolute Gasteiger partial charge is 0.295 e. The number of nitrogens with one attached hydrogen (secondary N) is 1. The summed E-state index contributed by atoms with van der Waals surface area (Å²) in [5.41, 5.74) is 22.0. The molecule has 1 saturated heterocycles. The van der Waals surface area contributed by atoms with E-state index >= 15 is 0 Å². The third-order valence-electron chi connectivity index (χ3n) is 8.08. The highest BCUT2D eigenvalue weighted by Gasteiger charge is 2.24.